The maximum absolute atomic E-state index is 12.9. The van der Waals surface area contributed by atoms with Crippen LogP contribution < -0.4 is 31.3 Å². The molecule has 6 N–H and O–H groups in total. The van der Waals surface area contributed by atoms with Crippen LogP contribution in [0.15, 0.2) is 65.6 Å². The third-order valence-electron chi connectivity index (χ3n) is 9.07. The van der Waals surface area contributed by atoms with Gasteiger partial charge in [0.1, 0.15) is 0 Å². The fourth-order valence-corrected chi connectivity index (χ4v) is 7.64. The van der Waals surface area contributed by atoms with Crippen molar-refractivity contribution in [2.45, 2.75) is 17.4 Å². The molecule has 4 rings (SSSR count). The van der Waals surface area contributed by atoms with E-state index in [1.165, 1.54) is 0 Å². The summed E-state index contributed by atoms with van der Waals surface area (Å²) < 4.78 is 61.1. The van der Waals surface area contributed by atoms with Crippen LogP contribution >= 0.6 is 23.2 Å². The van der Waals surface area contributed by atoms with Crippen LogP contribution in [0.2, 0.25) is 10.0 Å². The Morgan fingerprint density at radius 1 is 0.656 bits per heavy atom. The van der Waals surface area contributed by atoms with Gasteiger partial charge in [-0.1, -0.05) is 35.3 Å². The van der Waals surface area contributed by atoms with E-state index >= 15 is 0 Å². The fourth-order valence-electron chi connectivity index (χ4n) is 6.06. The molecule has 1 aliphatic rings. The van der Waals surface area contributed by atoms with Gasteiger partial charge in [-0.2, -0.15) is 0 Å². The predicted octanol–water partition coefficient (Wildman–Crippen LogP) is 4.11. The number of benzene rings is 3. The number of carbonyl (C=O) groups excluding carboxylic acids is 2. The Balaban J connectivity index is 0.953. The molecule has 61 heavy (non-hydrogen) atoms. The maximum atomic E-state index is 12.9. The molecule has 3 aromatic carbocycles. The van der Waals surface area contributed by atoms with Gasteiger partial charge in [-0.25, -0.2) is 22.7 Å². The van der Waals surface area contributed by atoms with Crippen molar-refractivity contribution in [2.75, 3.05) is 137 Å². The Bertz CT molecular complexity index is 1860. The fraction of sp³-hybridized carbons (Fsp3) is 0.512. The molecule has 4 amide bonds. The summed E-state index contributed by atoms with van der Waals surface area (Å²) in [5, 5.41) is 15.1. The number of amides is 4. The predicted molar refractivity (Wildman–Crippen MR) is 236 cm³/mol. The molecule has 0 spiro atoms. The average Bonchev–Trinajstić information content (AvgIpc) is 3.23. The van der Waals surface area contributed by atoms with Gasteiger partial charge >= 0.3 is 12.1 Å². The van der Waals surface area contributed by atoms with Gasteiger partial charge in [-0.05, 0) is 79.3 Å². The normalized spacial score (nSPS) is 14.1. The summed E-state index contributed by atoms with van der Waals surface area (Å²) in [7, 11) is 0.172. The number of fused-ring (bicyclic) bond motifs is 1. The Morgan fingerprint density at radius 3 is 1.61 bits per heavy atom. The number of ether oxygens (including phenoxy) is 6. The largest absolute Gasteiger partial charge is 0.378 e. The highest BCUT2D eigenvalue weighted by molar-refractivity contribution is 7.89. The third-order valence-corrected chi connectivity index (χ3v) is 11.1. The number of rotatable bonds is 29. The second-order valence-corrected chi connectivity index (χ2v) is 16.4. The number of anilines is 2. The van der Waals surface area contributed by atoms with E-state index < -0.39 is 16.1 Å². The van der Waals surface area contributed by atoms with E-state index in [0.717, 1.165) is 36.3 Å². The summed E-state index contributed by atoms with van der Waals surface area (Å²) >= 11 is 12.8. The van der Waals surface area contributed by atoms with Gasteiger partial charge in [-0.3, -0.25) is 0 Å². The van der Waals surface area contributed by atoms with Crippen LogP contribution in [0.4, 0.5) is 21.0 Å². The zero-order valence-electron chi connectivity index (χ0n) is 34.8. The summed E-state index contributed by atoms with van der Waals surface area (Å²) in [4.78, 5) is 26.7. The van der Waals surface area contributed by atoms with Crippen molar-refractivity contribution in [3.05, 3.63) is 87.4 Å². The Labute approximate surface area is 368 Å². The standard InChI is InChI=1S/C41H59Cl2N7O10S/c1-44-11-15-55-19-23-59-24-20-56-16-12-45-40(51)48-33-5-7-34(8-6-33)49-41(52)46-13-17-57-21-25-60-26-22-58-18-14-47-61(53,54)35-9-3-31(4-10-35)37-29-50(2)30-38-36(37)27-32(42)28-39(38)43/h3-10,27-28,37,44,47H,11-26,29-30H2,1-2H3,(H2,45,48,51)(H2,46,49,52)/t37-/m0/s1. The van der Waals surface area contributed by atoms with E-state index in [0.29, 0.717) is 87.4 Å². The molecule has 0 saturated heterocycles. The molecule has 1 aliphatic heterocycles. The summed E-state index contributed by atoms with van der Waals surface area (Å²) in [6, 6.07) is 16.5. The minimum atomic E-state index is -3.72. The third kappa shape index (κ3) is 19.1. The molecule has 20 heteroatoms. The zero-order valence-corrected chi connectivity index (χ0v) is 37.1. The molecular formula is C41H59Cl2N7O10S. The molecule has 0 bridgehead atoms. The number of likely N-dealkylation sites (N-methyl/N-ethyl adjacent to an activating group) is 2. The van der Waals surface area contributed by atoms with E-state index in [1.807, 2.05) is 32.3 Å². The van der Waals surface area contributed by atoms with Gasteiger partial charge < -0.3 is 59.9 Å². The van der Waals surface area contributed by atoms with Gasteiger partial charge in [0.25, 0.3) is 0 Å². The van der Waals surface area contributed by atoms with Crippen LogP contribution in [0.25, 0.3) is 0 Å². The van der Waals surface area contributed by atoms with E-state index in [-0.39, 0.29) is 49.8 Å². The minimum Gasteiger partial charge on any atom is -0.378 e. The zero-order chi connectivity index (χ0) is 43.7. The van der Waals surface area contributed by atoms with Gasteiger partial charge in [-0.15, -0.1) is 0 Å². The molecule has 0 radical (unpaired) electrons. The lowest BCUT2D eigenvalue weighted by Crippen LogP contribution is -2.32. The monoisotopic (exact) mass is 911 g/mol. The van der Waals surface area contributed by atoms with Crippen LogP contribution in [-0.2, 0) is 45.0 Å². The Hall–Kier alpha value is -3.63. The number of hydrogen-bond acceptors (Lipinski definition) is 12. The Kier molecular flexibility index (Phi) is 23.1. The molecule has 0 aromatic heterocycles. The van der Waals surface area contributed by atoms with Gasteiger partial charge in [0, 0.05) is 66.6 Å². The molecule has 17 nitrogen and oxygen atoms in total. The number of carbonyl (C=O) groups is 2. The highest BCUT2D eigenvalue weighted by Gasteiger charge is 2.27. The molecule has 0 fully saturated rings. The Morgan fingerprint density at radius 2 is 1.11 bits per heavy atom. The number of halogens is 2. The molecule has 0 aliphatic carbocycles. The van der Waals surface area contributed by atoms with E-state index in [4.69, 9.17) is 51.6 Å². The SMILES string of the molecule is CNCCOCCOCCOCCNC(=O)Nc1ccc(NC(=O)NCCOCCOCCOCCNS(=O)(=O)c2ccc([C@@H]3CN(C)Cc4c(Cl)cc(Cl)cc43)cc2)cc1. The van der Waals surface area contributed by atoms with Crippen LogP contribution in [0, 0.1) is 0 Å². The van der Waals surface area contributed by atoms with E-state index in [2.05, 4.69) is 36.2 Å². The quantitative estimate of drug-likeness (QED) is 0.0546. The molecule has 0 saturated carbocycles. The van der Waals surface area contributed by atoms with Crippen molar-refractivity contribution >= 4 is 56.7 Å². The van der Waals surface area contributed by atoms with Crippen molar-refractivity contribution in [3.8, 4) is 0 Å². The first-order chi connectivity index (χ1) is 29.6. The topological polar surface area (TPSA) is 199 Å². The highest BCUT2D eigenvalue weighted by atomic mass is 35.5. The summed E-state index contributed by atoms with van der Waals surface area (Å²) in [5.74, 6) is 0.0115. The van der Waals surface area contributed by atoms with E-state index in [9.17, 15) is 18.0 Å². The molecule has 3 aromatic rings. The van der Waals surface area contributed by atoms with Crippen LogP contribution in [0.3, 0.4) is 0 Å². The number of nitrogens with zero attached hydrogens (tertiary/aromatic N) is 1. The summed E-state index contributed by atoms with van der Waals surface area (Å²) in [5.41, 5.74) is 4.18. The number of urea groups is 2. The van der Waals surface area contributed by atoms with Crippen molar-refractivity contribution in [2.24, 2.45) is 0 Å². The first-order valence-corrected chi connectivity index (χ1v) is 22.4. The smallest absolute Gasteiger partial charge is 0.319 e. The van der Waals surface area contributed by atoms with Crippen molar-refractivity contribution in [1.29, 1.82) is 0 Å². The lowest BCUT2D eigenvalue weighted by molar-refractivity contribution is 0.0162. The van der Waals surface area contributed by atoms with Crippen molar-refractivity contribution in [1.82, 2.24) is 25.6 Å². The van der Waals surface area contributed by atoms with Gasteiger partial charge in [0.05, 0.1) is 84.2 Å². The minimum absolute atomic E-state index is 0.0115. The molecule has 338 valence electrons. The van der Waals surface area contributed by atoms with E-state index in [1.54, 1.807) is 42.5 Å². The lowest BCUT2D eigenvalue weighted by atomic mass is 9.85. The second-order valence-electron chi connectivity index (χ2n) is 13.8. The second kappa shape index (κ2) is 28.1. The number of nitrogens with one attached hydrogen (secondary N) is 6. The first kappa shape index (κ1) is 50.0. The van der Waals surface area contributed by atoms with Crippen molar-refractivity contribution < 1.29 is 46.4 Å². The summed E-state index contributed by atoms with van der Waals surface area (Å²) in [6.45, 7) is 7.63. The van der Waals surface area contributed by atoms with Gasteiger partial charge in [0.2, 0.25) is 10.0 Å². The molecule has 0 unspecified atom stereocenters. The highest BCUT2D eigenvalue weighted by Crippen LogP contribution is 2.38. The van der Waals surface area contributed by atoms with Crippen LogP contribution in [-0.4, -0.2) is 151 Å². The maximum Gasteiger partial charge on any atom is 0.319 e. The van der Waals surface area contributed by atoms with Crippen molar-refractivity contribution in [3.63, 3.8) is 0 Å². The van der Waals surface area contributed by atoms with Gasteiger partial charge in [0.15, 0.2) is 0 Å². The molecule has 1 heterocycles. The van der Waals surface area contributed by atoms with Crippen LogP contribution in [0.1, 0.15) is 22.6 Å². The first-order valence-electron chi connectivity index (χ1n) is 20.1. The van der Waals surface area contributed by atoms with Crippen LogP contribution in [0.5, 0.6) is 0 Å². The molecular weight excluding hydrogens is 853 g/mol. The summed E-state index contributed by atoms with van der Waals surface area (Å²) in [6.07, 6.45) is 0. The number of sulfonamides is 1. The average molecular weight is 913 g/mol. The molecule has 1 atom stereocenters. The number of hydrogen-bond donors (Lipinski definition) is 6. The lowest BCUT2D eigenvalue weighted by Gasteiger charge is -2.33.